The molecule has 1 aromatic heterocycles. The lowest BCUT2D eigenvalue weighted by Gasteiger charge is -2.40. The van der Waals surface area contributed by atoms with Gasteiger partial charge in [-0.1, -0.05) is 25.2 Å². The van der Waals surface area contributed by atoms with Crippen LogP contribution in [0.2, 0.25) is 0 Å². The quantitative estimate of drug-likeness (QED) is 0.254. The number of carbonyl (C=O) groups excluding carboxylic acids is 2. The highest BCUT2D eigenvalue weighted by Crippen LogP contribution is 2.39. The molecule has 0 aliphatic heterocycles. The van der Waals surface area contributed by atoms with Crippen LogP contribution in [0.1, 0.15) is 126 Å². The molecule has 0 atom stereocenters. The number of carbonyl (C=O) groups is 3. The molecular weight excluding hydrogens is 550 g/mol. The summed E-state index contributed by atoms with van der Waals surface area (Å²) in [4.78, 5) is 41.9. The fraction of sp³-hybridized carbons (Fsp3) is 0.727. The first-order valence-electron chi connectivity index (χ1n) is 15.8. The van der Waals surface area contributed by atoms with E-state index in [4.69, 9.17) is 4.74 Å². The van der Waals surface area contributed by atoms with Gasteiger partial charge < -0.3 is 14.7 Å². The number of hydrogen-bond donors (Lipinski definition) is 2. The molecule has 0 spiro atoms. The third-order valence-electron chi connectivity index (χ3n) is 8.86. The van der Waals surface area contributed by atoms with E-state index in [2.05, 4.69) is 24.2 Å². The predicted molar refractivity (Wildman–Crippen MR) is 167 cm³/mol. The minimum atomic E-state index is -1.03. The van der Waals surface area contributed by atoms with Crippen LogP contribution in [0.3, 0.4) is 0 Å². The number of hydrogen-bond acceptors (Lipinski definition) is 6. The average Bonchev–Trinajstić information content (AvgIpc) is 3.38. The van der Waals surface area contributed by atoms with Gasteiger partial charge in [0.05, 0.1) is 10.6 Å². The Morgan fingerprint density at radius 1 is 0.976 bits per heavy atom. The molecule has 3 saturated carbocycles. The number of aromatic carboxylic acids is 1. The van der Waals surface area contributed by atoms with Crippen molar-refractivity contribution in [3.05, 3.63) is 15.8 Å². The Hall–Kier alpha value is -2.57. The Labute approximate surface area is 255 Å². The normalized spacial score (nSPS) is 25.2. The zero-order chi connectivity index (χ0) is 30.4. The second-order valence-corrected chi connectivity index (χ2v) is 14.7. The molecule has 8 nitrogen and oxygen atoms in total. The van der Waals surface area contributed by atoms with E-state index < -0.39 is 5.97 Å². The Morgan fingerprint density at radius 3 is 2.21 bits per heavy atom. The van der Waals surface area contributed by atoms with Crippen molar-refractivity contribution in [2.45, 2.75) is 129 Å². The molecule has 1 heterocycles. The highest BCUT2D eigenvalue weighted by Gasteiger charge is 2.38. The summed E-state index contributed by atoms with van der Waals surface area (Å²) in [6.45, 7) is 8.29. The maximum absolute atomic E-state index is 14.2. The van der Waals surface area contributed by atoms with Crippen LogP contribution in [0.5, 0.6) is 0 Å². The molecular formula is C33H49N3O5S. The zero-order valence-electron chi connectivity index (χ0n) is 26.0. The monoisotopic (exact) mass is 599 g/mol. The number of carboxylic acid groups (broad SMARTS) is 1. The van der Waals surface area contributed by atoms with E-state index in [1.54, 1.807) is 7.05 Å². The molecule has 0 bridgehead atoms. The van der Waals surface area contributed by atoms with E-state index in [9.17, 15) is 19.5 Å². The molecule has 3 aliphatic carbocycles. The van der Waals surface area contributed by atoms with Crippen molar-refractivity contribution in [2.24, 2.45) is 17.3 Å². The Morgan fingerprint density at radius 2 is 1.62 bits per heavy atom. The molecule has 2 N–H and O–H groups in total. The maximum Gasteiger partial charge on any atom is 0.424 e. The van der Waals surface area contributed by atoms with Crippen molar-refractivity contribution in [3.8, 4) is 11.8 Å². The minimum absolute atomic E-state index is 0.000558. The van der Waals surface area contributed by atoms with Crippen LogP contribution in [-0.2, 0) is 9.53 Å². The van der Waals surface area contributed by atoms with Crippen LogP contribution in [0.4, 0.5) is 10.5 Å². The number of amides is 2. The first-order chi connectivity index (χ1) is 19.9. The molecule has 232 valence electrons. The standard InChI is InChI=1S/C33H49N3O5S/c1-22-11-13-23(14-12-22)30(37)36(28-21-27(19-20-33(2,3)4)42-29(28)31(38)39)25-17-15-24(16-18-25)34-35(5)32(40)41-26-9-7-6-8-10-26/h21-26,34H,6-18H2,1-5H3,(H,38,39)/t22?,23?,24-,25-. The summed E-state index contributed by atoms with van der Waals surface area (Å²) >= 11 is 1.15. The lowest BCUT2D eigenvalue weighted by molar-refractivity contribution is -0.124. The maximum atomic E-state index is 14.2. The predicted octanol–water partition coefficient (Wildman–Crippen LogP) is 7.22. The highest BCUT2D eigenvalue weighted by molar-refractivity contribution is 7.15. The lowest BCUT2D eigenvalue weighted by Crippen LogP contribution is -2.51. The van der Waals surface area contributed by atoms with Gasteiger partial charge in [0.2, 0.25) is 5.91 Å². The molecule has 4 rings (SSSR count). The summed E-state index contributed by atoms with van der Waals surface area (Å²) in [5.74, 6) is 5.90. The van der Waals surface area contributed by atoms with Crippen molar-refractivity contribution in [1.82, 2.24) is 10.4 Å². The van der Waals surface area contributed by atoms with Crippen molar-refractivity contribution in [3.63, 3.8) is 0 Å². The Bertz CT molecular complexity index is 1160. The summed E-state index contributed by atoms with van der Waals surface area (Å²) in [7, 11) is 1.71. The number of ether oxygens (including phenoxy) is 1. The summed E-state index contributed by atoms with van der Waals surface area (Å²) in [6, 6.07) is 1.79. The van der Waals surface area contributed by atoms with Crippen LogP contribution in [0.15, 0.2) is 6.07 Å². The van der Waals surface area contributed by atoms with E-state index in [0.29, 0.717) is 16.5 Å². The first-order valence-corrected chi connectivity index (χ1v) is 16.7. The second-order valence-electron chi connectivity index (χ2n) is 13.6. The largest absolute Gasteiger partial charge is 0.477 e. The molecule has 0 aromatic carbocycles. The van der Waals surface area contributed by atoms with Gasteiger partial charge in [-0.05, 0) is 110 Å². The third kappa shape index (κ3) is 8.73. The van der Waals surface area contributed by atoms with Gasteiger partial charge in [-0.2, -0.15) is 0 Å². The van der Waals surface area contributed by atoms with Gasteiger partial charge in [0, 0.05) is 30.5 Å². The summed E-state index contributed by atoms with van der Waals surface area (Å²) in [5.41, 5.74) is 3.58. The SMILES string of the molecule is CC1CCC(C(=O)N(c2cc(C#CC(C)(C)C)sc2C(=O)O)[C@H]2CC[C@H](NN(C)C(=O)OC3CCCCC3)CC2)CC1. The van der Waals surface area contributed by atoms with Gasteiger partial charge >= 0.3 is 12.1 Å². The van der Waals surface area contributed by atoms with Gasteiger partial charge in [0.25, 0.3) is 0 Å². The average molecular weight is 600 g/mol. The third-order valence-corrected chi connectivity index (χ3v) is 9.89. The smallest absolute Gasteiger partial charge is 0.424 e. The molecule has 3 aliphatic rings. The number of nitrogens with zero attached hydrogens (tertiary/aromatic N) is 2. The van der Waals surface area contributed by atoms with Crippen molar-refractivity contribution in [1.29, 1.82) is 0 Å². The van der Waals surface area contributed by atoms with E-state index in [0.717, 1.165) is 88.4 Å². The molecule has 3 fully saturated rings. The molecule has 0 saturated heterocycles. The van der Waals surface area contributed by atoms with Gasteiger partial charge in [-0.25, -0.2) is 20.0 Å². The van der Waals surface area contributed by atoms with Crippen LogP contribution >= 0.6 is 11.3 Å². The first kappa shape index (κ1) is 32.3. The van der Waals surface area contributed by atoms with E-state index >= 15 is 0 Å². The van der Waals surface area contributed by atoms with E-state index in [1.165, 1.54) is 11.4 Å². The summed E-state index contributed by atoms with van der Waals surface area (Å²) < 4.78 is 5.70. The topological polar surface area (TPSA) is 99.2 Å². The Balaban J connectivity index is 1.49. The molecule has 42 heavy (non-hydrogen) atoms. The fourth-order valence-electron chi connectivity index (χ4n) is 6.42. The number of anilines is 1. The molecule has 2 amide bonds. The highest BCUT2D eigenvalue weighted by atomic mass is 32.1. The number of nitrogens with one attached hydrogen (secondary N) is 1. The molecule has 0 radical (unpaired) electrons. The number of rotatable bonds is 7. The minimum Gasteiger partial charge on any atom is -0.477 e. The van der Waals surface area contributed by atoms with E-state index in [1.807, 2.05) is 31.7 Å². The van der Waals surface area contributed by atoms with Crippen LogP contribution in [0.25, 0.3) is 0 Å². The lowest BCUT2D eigenvalue weighted by atomic mass is 9.81. The zero-order valence-corrected chi connectivity index (χ0v) is 26.9. The van der Waals surface area contributed by atoms with Crippen molar-refractivity contribution < 1.29 is 24.2 Å². The van der Waals surface area contributed by atoms with Gasteiger partial charge in [-0.15, -0.1) is 11.3 Å². The summed E-state index contributed by atoms with van der Waals surface area (Å²) in [6.07, 6.45) is 11.6. The van der Waals surface area contributed by atoms with Crippen LogP contribution in [-0.4, -0.2) is 53.3 Å². The molecule has 1 aromatic rings. The fourth-order valence-corrected chi connectivity index (χ4v) is 7.26. The summed E-state index contributed by atoms with van der Waals surface area (Å²) in [5, 5.41) is 11.6. The van der Waals surface area contributed by atoms with Gasteiger partial charge in [0.15, 0.2) is 0 Å². The number of carboxylic acids is 1. The van der Waals surface area contributed by atoms with Gasteiger partial charge in [0.1, 0.15) is 11.0 Å². The van der Waals surface area contributed by atoms with Crippen molar-refractivity contribution in [2.75, 3.05) is 11.9 Å². The Kier molecular flexibility index (Phi) is 11.0. The molecule has 9 heteroatoms. The van der Waals surface area contributed by atoms with E-state index in [-0.39, 0.29) is 46.4 Å². The molecule has 0 unspecified atom stereocenters. The number of thiophene rings is 1. The van der Waals surface area contributed by atoms with Crippen LogP contribution in [0, 0.1) is 29.1 Å². The van der Waals surface area contributed by atoms with Gasteiger partial charge in [-0.3, -0.25) is 4.79 Å². The van der Waals surface area contributed by atoms with Crippen molar-refractivity contribution >= 4 is 35.0 Å². The number of hydrazine groups is 1. The van der Waals surface area contributed by atoms with Crippen LogP contribution < -0.4 is 10.3 Å². The second kappa shape index (κ2) is 14.3.